The summed E-state index contributed by atoms with van der Waals surface area (Å²) in [6, 6.07) is 23.6. The second kappa shape index (κ2) is 11.4. The molecule has 1 unspecified atom stereocenters. The van der Waals surface area contributed by atoms with Crippen LogP contribution in [0.15, 0.2) is 89.5 Å². The molecule has 1 saturated carbocycles. The minimum absolute atomic E-state index is 0.0749. The van der Waals surface area contributed by atoms with Gasteiger partial charge < -0.3 is 14.9 Å². The number of carboxylic acids is 1. The van der Waals surface area contributed by atoms with Crippen LogP contribution >= 0.6 is 0 Å². The van der Waals surface area contributed by atoms with E-state index in [0.29, 0.717) is 22.7 Å². The number of carboxylic acid groups (broad SMARTS) is 1. The van der Waals surface area contributed by atoms with Crippen molar-refractivity contribution in [1.29, 1.82) is 0 Å². The molecule has 3 aromatic carbocycles. The van der Waals surface area contributed by atoms with Gasteiger partial charge in [-0.2, -0.15) is 4.98 Å². The van der Waals surface area contributed by atoms with E-state index in [4.69, 9.17) is 4.52 Å². The number of halogens is 1. The lowest BCUT2D eigenvalue weighted by Gasteiger charge is -2.15. The van der Waals surface area contributed by atoms with Crippen molar-refractivity contribution in [3.63, 3.8) is 0 Å². The maximum Gasteiger partial charge on any atom is 0.326 e. The minimum atomic E-state index is -1.30. The smallest absolute Gasteiger partial charge is 0.326 e. The summed E-state index contributed by atoms with van der Waals surface area (Å²) < 4.78 is 20.4. The highest BCUT2D eigenvalue weighted by Crippen LogP contribution is 2.40. The highest BCUT2D eigenvalue weighted by atomic mass is 19.1. The molecule has 1 atom stereocenters. The maximum atomic E-state index is 15.1. The van der Waals surface area contributed by atoms with Crippen molar-refractivity contribution in [1.82, 2.24) is 20.4 Å². The van der Waals surface area contributed by atoms with Crippen molar-refractivity contribution in [2.24, 2.45) is 0 Å². The predicted molar refractivity (Wildman–Crippen MR) is 154 cm³/mol. The highest BCUT2D eigenvalue weighted by molar-refractivity contribution is 5.95. The molecule has 2 N–H and O–H groups in total. The van der Waals surface area contributed by atoms with E-state index in [1.807, 2.05) is 43.3 Å². The Bertz CT molecular complexity index is 1760. The van der Waals surface area contributed by atoms with E-state index in [9.17, 15) is 14.7 Å². The molecular weight excluding hydrogens is 535 g/mol. The van der Waals surface area contributed by atoms with Gasteiger partial charge in [-0.15, -0.1) is 0 Å². The molecular formula is C33H27FN4O4. The molecule has 1 amide bonds. The fourth-order valence-electron chi connectivity index (χ4n) is 4.75. The first-order valence-electron chi connectivity index (χ1n) is 13.6. The SMILES string of the molecule is Cc1ccc(-c2nc(-c3ccc(CC(NC(=O)c4cccc(-c5ccc(C6CC6)cc5)n4)C(=O)O)cc3F)no2)cc1. The Balaban J connectivity index is 1.14. The molecule has 5 aromatic rings. The highest BCUT2D eigenvalue weighted by Gasteiger charge is 2.24. The topological polar surface area (TPSA) is 118 Å². The van der Waals surface area contributed by atoms with E-state index in [-0.39, 0.29) is 29.4 Å². The third kappa shape index (κ3) is 5.95. The Morgan fingerprint density at radius 3 is 2.40 bits per heavy atom. The van der Waals surface area contributed by atoms with Gasteiger partial charge in [0, 0.05) is 17.5 Å². The summed E-state index contributed by atoms with van der Waals surface area (Å²) in [5.41, 5.74) is 5.15. The Labute approximate surface area is 241 Å². The summed E-state index contributed by atoms with van der Waals surface area (Å²) in [7, 11) is 0. The summed E-state index contributed by atoms with van der Waals surface area (Å²) in [6.45, 7) is 1.96. The van der Waals surface area contributed by atoms with Crippen molar-refractivity contribution < 1.29 is 23.6 Å². The van der Waals surface area contributed by atoms with Crippen LogP contribution in [0.25, 0.3) is 34.1 Å². The zero-order chi connectivity index (χ0) is 29.2. The number of rotatable bonds is 9. The van der Waals surface area contributed by atoms with Gasteiger partial charge in [-0.1, -0.05) is 59.3 Å². The van der Waals surface area contributed by atoms with Gasteiger partial charge in [0.2, 0.25) is 5.82 Å². The molecule has 0 spiro atoms. The number of nitrogens with one attached hydrogen (secondary N) is 1. The summed E-state index contributed by atoms with van der Waals surface area (Å²) in [5.74, 6) is -1.55. The fraction of sp³-hybridized carbons (Fsp3) is 0.182. The largest absolute Gasteiger partial charge is 0.480 e. The Hall–Kier alpha value is -5.18. The number of nitrogens with zero attached hydrogens (tertiary/aromatic N) is 3. The minimum Gasteiger partial charge on any atom is -0.480 e. The monoisotopic (exact) mass is 562 g/mol. The molecule has 210 valence electrons. The summed E-state index contributed by atoms with van der Waals surface area (Å²) in [5, 5.41) is 16.2. The number of aromatic nitrogens is 3. The molecule has 6 rings (SSSR count). The Kier molecular flexibility index (Phi) is 7.31. The van der Waals surface area contributed by atoms with Crippen LogP contribution in [0, 0.1) is 12.7 Å². The van der Waals surface area contributed by atoms with E-state index >= 15 is 4.39 Å². The zero-order valence-electron chi connectivity index (χ0n) is 22.8. The van der Waals surface area contributed by atoms with Crippen molar-refractivity contribution >= 4 is 11.9 Å². The van der Waals surface area contributed by atoms with E-state index in [2.05, 4.69) is 32.6 Å². The Morgan fingerprint density at radius 2 is 1.71 bits per heavy atom. The Morgan fingerprint density at radius 1 is 0.976 bits per heavy atom. The second-order valence-electron chi connectivity index (χ2n) is 10.5. The van der Waals surface area contributed by atoms with Crippen LogP contribution < -0.4 is 5.32 Å². The van der Waals surface area contributed by atoms with Gasteiger partial charge in [0.05, 0.1) is 11.3 Å². The number of hydrogen-bond donors (Lipinski definition) is 2. The molecule has 1 fully saturated rings. The summed E-state index contributed by atoms with van der Waals surface area (Å²) in [4.78, 5) is 33.8. The van der Waals surface area contributed by atoms with Crippen LogP contribution in [0.4, 0.5) is 4.39 Å². The number of carbonyl (C=O) groups is 2. The van der Waals surface area contributed by atoms with Gasteiger partial charge in [0.25, 0.3) is 11.8 Å². The van der Waals surface area contributed by atoms with Crippen LogP contribution in [0.5, 0.6) is 0 Å². The second-order valence-corrected chi connectivity index (χ2v) is 10.5. The lowest BCUT2D eigenvalue weighted by molar-refractivity contribution is -0.139. The average Bonchev–Trinajstić information content (AvgIpc) is 3.74. The van der Waals surface area contributed by atoms with E-state index < -0.39 is 23.7 Å². The predicted octanol–water partition coefficient (Wildman–Crippen LogP) is 6.22. The number of aliphatic carboxylic acids is 1. The first-order chi connectivity index (χ1) is 20.3. The van der Waals surface area contributed by atoms with E-state index in [1.165, 1.54) is 36.6 Å². The molecule has 1 aliphatic rings. The maximum absolute atomic E-state index is 15.1. The van der Waals surface area contributed by atoms with Crippen LogP contribution in [-0.4, -0.2) is 38.1 Å². The fourth-order valence-corrected chi connectivity index (χ4v) is 4.75. The van der Waals surface area contributed by atoms with Gasteiger partial charge in [-0.3, -0.25) is 4.79 Å². The quantitative estimate of drug-likeness (QED) is 0.219. The van der Waals surface area contributed by atoms with Crippen molar-refractivity contribution in [3.05, 3.63) is 113 Å². The van der Waals surface area contributed by atoms with Crippen LogP contribution in [0.1, 0.15) is 45.9 Å². The molecule has 8 nitrogen and oxygen atoms in total. The number of carbonyl (C=O) groups excluding carboxylic acids is 1. The summed E-state index contributed by atoms with van der Waals surface area (Å²) >= 11 is 0. The molecule has 1 aliphatic carbocycles. The first kappa shape index (κ1) is 27.0. The van der Waals surface area contributed by atoms with E-state index in [1.54, 1.807) is 18.2 Å². The van der Waals surface area contributed by atoms with Crippen LogP contribution in [0.2, 0.25) is 0 Å². The van der Waals surface area contributed by atoms with E-state index in [0.717, 1.165) is 11.1 Å². The normalized spacial score (nSPS) is 13.5. The lowest BCUT2D eigenvalue weighted by Crippen LogP contribution is -2.42. The third-order valence-corrected chi connectivity index (χ3v) is 7.28. The average molecular weight is 563 g/mol. The van der Waals surface area contributed by atoms with Gasteiger partial charge in [-0.05, 0) is 73.2 Å². The van der Waals surface area contributed by atoms with Gasteiger partial charge in [0.15, 0.2) is 0 Å². The van der Waals surface area contributed by atoms with Crippen LogP contribution in [-0.2, 0) is 11.2 Å². The number of hydrogen-bond acceptors (Lipinski definition) is 6. The number of amides is 1. The molecule has 9 heteroatoms. The van der Waals surface area contributed by atoms with Crippen LogP contribution in [0.3, 0.4) is 0 Å². The molecule has 2 aromatic heterocycles. The van der Waals surface area contributed by atoms with Crippen molar-refractivity contribution in [2.75, 3.05) is 0 Å². The number of pyridine rings is 1. The van der Waals surface area contributed by atoms with Crippen molar-refractivity contribution in [3.8, 4) is 34.1 Å². The number of aryl methyl sites for hydroxylation is 1. The molecule has 42 heavy (non-hydrogen) atoms. The molecule has 0 radical (unpaired) electrons. The molecule has 2 heterocycles. The molecule has 0 bridgehead atoms. The number of benzene rings is 3. The first-order valence-corrected chi connectivity index (χ1v) is 13.6. The summed E-state index contributed by atoms with van der Waals surface area (Å²) in [6.07, 6.45) is 2.29. The standard InChI is InChI=1S/C33H27FN4O4/c1-19-5-8-24(9-6-19)32-37-30(38-42-32)25-16-7-20(17-26(25)34)18-29(33(40)41)36-31(39)28-4-2-3-27(35-28)23-14-12-22(13-15-23)21-10-11-21/h2-9,12-17,21,29H,10-11,18H2,1H3,(H,36,39)(H,40,41). The van der Waals surface area contributed by atoms with Gasteiger partial charge in [0.1, 0.15) is 17.6 Å². The van der Waals surface area contributed by atoms with Crippen molar-refractivity contribution in [2.45, 2.75) is 38.1 Å². The third-order valence-electron chi connectivity index (χ3n) is 7.28. The lowest BCUT2D eigenvalue weighted by atomic mass is 10.0. The van der Waals surface area contributed by atoms with Gasteiger partial charge in [-0.25, -0.2) is 14.2 Å². The van der Waals surface area contributed by atoms with Gasteiger partial charge >= 0.3 is 5.97 Å². The molecule has 0 aliphatic heterocycles. The molecule has 0 saturated heterocycles. The zero-order valence-corrected chi connectivity index (χ0v) is 22.8.